The maximum Gasteiger partial charge on any atom is 0.323 e. The summed E-state index contributed by atoms with van der Waals surface area (Å²) in [6.45, 7) is -0.674. The van der Waals surface area contributed by atoms with Crippen molar-refractivity contribution in [3.05, 3.63) is 95.3 Å². The molecule has 178 valence electrons. The molecule has 0 fully saturated rings. The first-order valence-electron chi connectivity index (χ1n) is 10.2. The lowest BCUT2D eigenvalue weighted by molar-refractivity contribution is -0.212. The summed E-state index contributed by atoms with van der Waals surface area (Å²) < 4.78 is 65.2. The first kappa shape index (κ1) is 23.5. The predicted octanol–water partition coefficient (Wildman–Crippen LogP) is 3.53. The van der Waals surface area contributed by atoms with Crippen LogP contribution in [0.25, 0.3) is 0 Å². The number of alkyl halides is 2. The van der Waals surface area contributed by atoms with Gasteiger partial charge in [0.2, 0.25) is 0 Å². The number of nitrogens with one attached hydrogen (secondary N) is 1. The number of hydrazone groups is 1. The molecule has 0 bridgehead atoms. The highest BCUT2D eigenvalue weighted by Gasteiger charge is 2.58. The SMILES string of the molecule is CN1C=NN(CC(O)(c2ccc(F)cc2F)C(F)(F)c2ccc(OCc3ccccc3)cn2)N1. The molecule has 1 aliphatic rings. The standard InChI is InChI=1S/C23H21F4N5O2/c1-31-15-29-32(30-31)14-22(33,19-9-7-17(24)11-20(19)25)23(26,27)21-10-8-18(12-28-21)34-13-16-5-3-2-4-6-16/h2-12,15,30,33H,13-14H2,1H3. The Morgan fingerprint density at radius 2 is 1.82 bits per heavy atom. The van der Waals surface area contributed by atoms with Gasteiger partial charge in [0.1, 0.15) is 36.0 Å². The number of rotatable bonds is 8. The van der Waals surface area contributed by atoms with E-state index < -0.39 is 41.0 Å². The second-order valence-corrected chi connectivity index (χ2v) is 7.71. The molecular formula is C23H21F4N5O2. The van der Waals surface area contributed by atoms with Crippen LogP contribution in [0.3, 0.4) is 0 Å². The molecule has 34 heavy (non-hydrogen) atoms. The number of hydrogen-bond donors (Lipinski definition) is 2. The molecule has 2 N–H and O–H groups in total. The molecule has 2 aromatic carbocycles. The number of aromatic nitrogens is 1. The van der Waals surface area contributed by atoms with E-state index in [-0.39, 0.29) is 12.4 Å². The quantitative estimate of drug-likeness (QED) is 0.486. The van der Waals surface area contributed by atoms with Crippen molar-refractivity contribution in [2.75, 3.05) is 13.6 Å². The number of nitrogens with zero attached hydrogens (tertiary/aromatic N) is 4. The van der Waals surface area contributed by atoms with Crippen LogP contribution in [0.4, 0.5) is 17.6 Å². The Morgan fingerprint density at radius 1 is 1.06 bits per heavy atom. The molecular weight excluding hydrogens is 454 g/mol. The normalized spacial score (nSPS) is 15.5. The molecule has 0 saturated heterocycles. The lowest BCUT2D eigenvalue weighted by Gasteiger charge is -2.38. The van der Waals surface area contributed by atoms with E-state index in [1.54, 1.807) is 7.05 Å². The molecule has 0 radical (unpaired) electrons. The van der Waals surface area contributed by atoms with Gasteiger partial charge in [-0.25, -0.2) is 13.9 Å². The third-order valence-corrected chi connectivity index (χ3v) is 5.22. The maximum atomic E-state index is 15.8. The van der Waals surface area contributed by atoms with Gasteiger partial charge < -0.3 is 9.84 Å². The van der Waals surface area contributed by atoms with Crippen molar-refractivity contribution >= 4 is 6.34 Å². The average Bonchev–Trinajstić information content (AvgIpc) is 3.22. The summed E-state index contributed by atoms with van der Waals surface area (Å²) in [6, 6.07) is 13.5. The van der Waals surface area contributed by atoms with Gasteiger partial charge in [-0.1, -0.05) is 30.3 Å². The number of pyridine rings is 1. The van der Waals surface area contributed by atoms with Gasteiger partial charge in [0.05, 0.1) is 12.7 Å². The third-order valence-electron chi connectivity index (χ3n) is 5.22. The van der Waals surface area contributed by atoms with E-state index in [4.69, 9.17) is 4.74 Å². The number of β-amino-alcohol motifs (C(OH)–C–C–N with tert-alkyl or cyclic N) is 1. The Bertz CT molecular complexity index is 1160. The van der Waals surface area contributed by atoms with Crippen molar-refractivity contribution in [1.82, 2.24) is 20.6 Å². The second-order valence-electron chi connectivity index (χ2n) is 7.71. The van der Waals surface area contributed by atoms with E-state index in [0.717, 1.165) is 35.1 Å². The fraction of sp³-hybridized carbons (Fsp3) is 0.217. The number of hydrazine groups is 2. The van der Waals surface area contributed by atoms with Gasteiger partial charge in [0.15, 0.2) is 5.60 Å². The minimum Gasteiger partial charge on any atom is -0.487 e. The summed E-state index contributed by atoms with van der Waals surface area (Å²) >= 11 is 0. The fourth-order valence-electron chi connectivity index (χ4n) is 3.45. The van der Waals surface area contributed by atoms with Crippen LogP contribution in [0.2, 0.25) is 0 Å². The van der Waals surface area contributed by atoms with Gasteiger partial charge >= 0.3 is 5.92 Å². The molecule has 1 atom stereocenters. The number of hydrogen-bond acceptors (Lipinski definition) is 7. The van der Waals surface area contributed by atoms with Gasteiger partial charge in [0, 0.05) is 18.7 Å². The van der Waals surface area contributed by atoms with E-state index in [2.05, 4.69) is 15.6 Å². The van der Waals surface area contributed by atoms with Crippen LogP contribution in [0, 0.1) is 11.6 Å². The van der Waals surface area contributed by atoms with Crippen molar-refractivity contribution in [1.29, 1.82) is 0 Å². The Labute approximate surface area is 192 Å². The van der Waals surface area contributed by atoms with Crippen molar-refractivity contribution in [3.63, 3.8) is 0 Å². The van der Waals surface area contributed by atoms with Crippen LogP contribution in [0.5, 0.6) is 5.75 Å². The molecule has 0 aliphatic carbocycles. The molecule has 0 saturated carbocycles. The summed E-state index contributed by atoms with van der Waals surface area (Å²) in [5, 5.41) is 17.3. The molecule has 11 heteroatoms. The van der Waals surface area contributed by atoms with E-state index in [1.807, 2.05) is 30.3 Å². The lowest BCUT2D eigenvalue weighted by atomic mass is 9.84. The average molecular weight is 475 g/mol. The van der Waals surface area contributed by atoms with Crippen LogP contribution in [0.1, 0.15) is 16.8 Å². The predicted molar refractivity (Wildman–Crippen MR) is 115 cm³/mol. The largest absolute Gasteiger partial charge is 0.487 e. The Balaban J connectivity index is 1.63. The summed E-state index contributed by atoms with van der Waals surface area (Å²) in [6.07, 6.45) is 2.37. The fourth-order valence-corrected chi connectivity index (χ4v) is 3.45. The summed E-state index contributed by atoms with van der Waals surface area (Å²) in [5.41, 5.74) is -1.34. The molecule has 0 amide bonds. The van der Waals surface area contributed by atoms with Gasteiger partial charge in [-0.3, -0.25) is 9.99 Å². The minimum atomic E-state index is -4.11. The first-order chi connectivity index (χ1) is 16.2. The molecule has 1 unspecified atom stereocenters. The molecule has 0 spiro atoms. The van der Waals surface area contributed by atoms with Crippen LogP contribution in [-0.2, 0) is 18.1 Å². The van der Waals surface area contributed by atoms with Crippen molar-refractivity contribution in [2.24, 2.45) is 5.10 Å². The topological polar surface area (TPSA) is 73.2 Å². The zero-order chi connectivity index (χ0) is 24.3. The summed E-state index contributed by atoms with van der Waals surface area (Å²) in [4.78, 5) is 3.77. The minimum absolute atomic E-state index is 0.204. The summed E-state index contributed by atoms with van der Waals surface area (Å²) in [7, 11) is 1.55. The number of ether oxygens (including phenoxy) is 1. The first-order valence-corrected chi connectivity index (χ1v) is 10.2. The zero-order valence-electron chi connectivity index (χ0n) is 18.0. The van der Waals surface area contributed by atoms with Gasteiger partial charge in [0.25, 0.3) is 0 Å². The number of aliphatic hydroxyl groups is 1. The van der Waals surface area contributed by atoms with E-state index in [1.165, 1.54) is 17.4 Å². The van der Waals surface area contributed by atoms with Crippen LogP contribution >= 0.6 is 0 Å². The van der Waals surface area contributed by atoms with E-state index in [9.17, 15) is 13.9 Å². The smallest absolute Gasteiger partial charge is 0.323 e. The number of benzene rings is 2. The Morgan fingerprint density at radius 3 is 2.44 bits per heavy atom. The van der Waals surface area contributed by atoms with Crippen molar-refractivity contribution in [2.45, 2.75) is 18.1 Å². The van der Waals surface area contributed by atoms with Gasteiger partial charge in [-0.05, 0) is 29.8 Å². The van der Waals surface area contributed by atoms with Gasteiger partial charge in [-0.2, -0.15) is 8.78 Å². The molecule has 2 heterocycles. The highest BCUT2D eigenvalue weighted by atomic mass is 19.3. The summed E-state index contributed by atoms with van der Waals surface area (Å²) in [5.74, 6) is -6.18. The van der Waals surface area contributed by atoms with Crippen molar-refractivity contribution < 1.29 is 27.4 Å². The van der Waals surface area contributed by atoms with E-state index in [0.29, 0.717) is 6.07 Å². The van der Waals surface area contributed by atoms with Crippen LogP contribution < -0.4 is 10.3 Å². The Hall–Kier alpha value is -3.70. The van der Waals surface area contributed by atoms with Gasteiger partial charge in [-0.15, -0.1) is 10.6 Å². The molecule has 1 aromatic heterocycles. The monoisotopic (exact) mass is 475 g/mol. The van der Waals surface area contributed by atoms with E-state index >= 15 is 8.78 Å². The molecule has 1 aliphatic heterocycles. The number of halogens is 4. The zero-order valence-corrected chi connectivity index (χ0v) is 18.0. The third kappa shape index (κ3) is 4.66. The van der Waals surface area contributed by atoms with Crippen LogP contribution in [-0.4, -0.2) is 40.1 Å². The molecule has 4 rings (SSSR count). The highest BCUT2D eigenvalue weighted by molar-refractivity contribution is 5.54. The maximum absolute atomic E-state index is 15.8. The molecule has 7 nitrogen and oxygen atoms in total. The van der Waals surface area contributed by atoms with Crippen LogP contribution in [0.15, 0.2) is 72.0 Å². The van der Waals surface area contributed by atoms with Crippen molar-refractivity contribution in [3.8, 4) is 5.75 Å². The molecule has 3 aromatic rings. The lowest BCUT2D eigenvalue weighted by Crippen LogP contribution is -2.54. The highest BCUT2D eigenvalue weighted by Crippen LogP contribution is 2.46. The second kappa shape index (κ2) is 9.27. The Kier molecular flexibility index (Phi) is 6.40.